The molecule has 1 heterocycles. The van der Waals surface area contributed by atoms with Crippen molar-refractivity contribution in [2.24, 2.45) is 0 Å². The molecule has 0 aliphatic rings. The molecule has 0 saturated heterocycles. The quantitative estimate of drug-likeness (QED) is 0.600. The average Bonchev–Trinajstić information content (AvgIpc) is 3.08. The molecule has 0 atom stereocenters. The van der Waals surface area contributed by atoms with E-state index in [1.54, 1.807) is 0 Å². The monoisotopic (exact) mass is 458 g/mol. The van der Waals surface area contributed by atoms with E-state index in [-0.39, 0.29) is 17.1 Å². The van der Waals surface area contributed by atoms with Gasteiger partial charge in [-0.3, -0.25) is 9.52 Å². The standard InChI is InChI=1S/C18H14ClF3N4O3S/c1-30(28,29)25-13-6-4-12(5-7-13)24-17(27)15-10-23-26(16(15)18(20,21)22)14-8-2-11(19)3-9-14/h2-10,25H,1H3,(H,24,27). The molecule has 0 bridgehead atoms. The molecule has 0 spiro atoms. The van der Waals surface area contributed by atoms with E-state index < -0.39 is 33.4 Å². The second-order valence-electron chi connectivity index (χ2n) is 6.20. The first-order chi connectivity index (χ1) is 13.9. The molecule has 2 aromatic carbocycles. The number of anilines is 2. The van der Waals surface area contributed by atoms with Gasteiger partial charge in [0.2, 0.25) is 10.0 Å². The van der Waals surface area contributed by atoms with Crippen molar-refractivity contribution in [1.29, 1.82) is 0 Å². The number of sulfonamides is 1. The molecule has 158 valence electrons. The van der Waals surface area contributed by atoms with E-state index in [9.17, 15) is 26.4 Å². The van der Waals surface area contributed by atoms with Crippen LogP contribution < -0.4 is 10.0 Å². The number of carbonyl (C=O) groups is 1. The van der Waals surface area contributed by atoms with E-state index in [4.69, 9.17) is 11.6 Å². The van der Waals surface area contributed by atoms with E-state index in [0.29, 0.717) is 9.70 Å². The first-order valence-electron chi connectivity index (χ1n) is 8.24. The molecule has 7 nitrogen and oxygen atoms in total. The molecule has 0 saturated carbocycles. The minimum atomic E-state index is -4.86. The third-order valence-corrected chi connectivity index (χ3v) is 4.66. The van der Waals surface area contributed by atoms with E-state index in [1.807, 2.05) is 0 Å². The zero-order valence-electron chi connectivity index (χ0n) is 15.2. The Morgan fingerprint density at radius 3 is 2.13 bits per heavy atom. The van der Waals surface area contributed by atoms with Gasteiger partial charge >= 0.3 is 6.18 Å². The van der Waals surface area contributed by atoms with Crippen molar-refractivity contribution in [2.75, 3.05) is 16.3 Å². The topological polar surface area (TPSA) is 93.1 Å². The van der Waals surface area contributed by atoms with Crippen molar-refractivity contribution >= 4 is 38.9 Å². The summed E-state index contributed by atoms with van der Waals surface area (Å²) >= 11 is 5.77. The van der Waals surface area contributed by atoms with Crippen molar-refractivity contribution in [3.63, 3.8) is 0 Å². The van der Waals surface area contributed by atoms with E-state index in [1.165, 1.54) is 48.5 Å². The molecule has 0 fully saturated rings. The van der Waals surface area contributed by atoms with Gasteiger partial charge in [-0.1, -0.05) is 11.6 Å². The van der Waals surface area contributed by atoms with Gasteiger partial charge in [-0.15, -0.1) is 0 Å². The summed E-state index contributed by atoms with van der Waals surface area (Å²) in [4.78, 5) is 12.5. The van der Waals surface area contributed by atoms with Crippen LogP contribution in [0.1, 0.15) is 16.1 Å². The van der Waals surface area contributed by atoms with E-state index in [0.717, 1.165) is 12.5 Å². The van der Waals surface area contributed by atoms with Gasteiger partial charge < -0.3 is 5.32 Å². The van der Waals surface area contributed by atoms with Gasteiger partial charge in [-0.25, -0.2) is 13.1 Å². The van der Waals surface area contributed by atoms with Crippen LogP contribution in [0.2, 0.25) is 5.02 Å². The molecule has 1 aromatic heterocycles. The SMILES string of the molecule is CS(=O)(=O)Nc1ccc(NC(=O)c2cnn(-c3ccc(Cl)cc3)c2C(F)(F)F)cc1. The Kier molecular flexibility index (Phi) is 5.77. The number of benzene rings is 2. The van der Waals surface area contributed by atoms with Crippen LogP contribution in [-0.2, 0) is 16.2 Å². The van der Waals surface area contributed by atoms with Crippen LogP contribution in [0.3, 0.4) is 0 Å². The molecule has 30 heavy (non-hydrogen) atoms. The number of hydrogen-bond donors (Lipinski definition) is 2. The van der Waals surface area contributed by atoms with Crippen LogP contribution in [0.4, 0.5) is 24.5 Å². The van der Waals surface area contributed by atoms with Gasteiger partial charge in [-0.05, 0) is 48.5 Å². The lowest BCUT2D eigenvalue weighted by Gasteiger charge is -2.13. The number of carbonyl (C=O) groups excluding carboxylic acids is 1. The summed E-state index contributed by atoms with van der Waals surface area (Å²) in [5.74, 6) is -1.02. The zero-order valence-corrected chi connectivity index (χ0v) is 16.8. The van der Waals surface area contributed by atoms with Crippen LogP contribution in [0.25, 0.3) is 5.69 Å². The maximum Gasteiger partial charge on any atom is 0.434 e. The summed E-state index contributed by atoms with van der Waals surface area (Å²) < 4.78 is 66.3. The van der Waals surface area contributed by atoms with Crippen molar-refractivity contribution in [3.8, 4) is 5.69 Å². The Morgan fingerprint density at radius 1 is 1.03 bits per heavy atom. The predicted octanol–water partition coefficient (Wildman–Crippen LogP) is 4.17. The van der Waals surface area contributed by atoms with Crippen LogP contribution in [0, 0.1) is 0 Å². The summed E-state index contributed by atoms with van der Waals surface area (Å²) in [7, 11) is -3.49. The summed E-state index contributed by atoms with van der Waals surface area (Å²) in [6, 6.07) is 10.9. The highest BCUT2D eigenvalue weighted by Crippen LogP contribution is 2.34. The number of halogens is 4. The molecule has 0 unspecified atom stereocenters. The van der Waals surface area contributed by atoms with Crippen LogP contribution in [0.5, 0.6) is 0 Å². The number of rotatable bonds is 5. The lowest BCUT2D eigenvalue weighted by atomic mass is 10.2. The summed E-state index contributed by atoms with van der Waals surface area (Å²) in [5, 5.41) is 6.40. The van der Waals surface area contributed by atoms with Crippen LogP contribution in [-0.4, -0.2) is 30.4 Å². The van der Waals surface area contributed by atoms with Gasteiger partial charge in [-0.2, -0.15) is 18.3 Å². The molecule has 0 aliphatic heterocycles. The zero-order chi connectivity index (χ0) is 22.1. The molecule has 1 amide bonds. The van der Waals surface area contributed by atoms with Crippen LogP contribution >= 0.6 is 11.6 Å². The highest BCUT2D eigenvalue weighted by Gasteiger charge is 2.40. The minimum absolute atomic E-state index is 0.0852. The predicted molar refractivity (Wildman–Crippen MR) is 106 cm³/mol. The first-order valence-corrected chi connectivity index (χ1v) is 10.5. The number of hydrogen-bond acceptors (Lipinski definition) is 4. The average molecular weight is 459 g/mol. The third-order valence-electron chi connectivity index (χ3n) is 3.80. The van der Waals surface area contributed by atoms with Crippen molar-refractivity contribution < 1.29 is 26.4 Å². The number of alkyl halides is 3. The van der Waals surface area contributed by atoms with Crippen molar-refractivity contribution in [3.05, 3.63) is 71.0 Å². The largest absolute Gasteiger partial charge is 0.434 e. The fraction of sp³-hybridized carbons (Fsp3) is 0.111. The Morgan fingerprint density at radius 2 is 1.60 bits per heavy atom. The minimum Gasteiger partial charge on any atom is -0.322 e. The maximum absolute atomic E-state index is 13.7. The van der Waals surface area contributed by atoms with Gasteiger partial charge in [0, 0.05) is 16.4 Å². The molecular formula is C18H14ClF3N4O3S. The molecule has 0 aliphatic carbocycles. The molecule has 3 rings (SSSR count). The lowest BCUT2D eigenvalue weighted by molar-refractivity contribution is -0.143. The molecule has 3 aromatic rings. The number of aromatic nitrogens is 2. The number of nitrogens with zero attached hydrogens (tertiary/aromatic N) is 2. The van der Waals surface area contributed by atoms with Crippen LogP contribution in [0.15, 0.2) is 54.7 Å². The van der Waals surface area contributed by atoms with E-state index in [2.05, 4.69) is 15.1 Å². The number of amides is 1. The van der Waals surface area contributed by atoms with Gasteiger partial charge in [0.15, 0.2) is 5.69 Å². The van der Waals surface area contributed by atoms with Gasteiger partial charge in [0.05, 0.1) is 23.7 Å². The molecular weight excluding hydrogens is 445 g/mol. The maximum atomic E-state index is 13.7. The Hall–Kier alpha value is -3.05. The molecule has 0 radical (unpaired) electrons. The molecule has 12 heteroatoms. The lowest BCUT2D eigenvalue weighted by Crippen LogP contribution is -2.20. The number of nitrogens with one attached hydrogen (secondary N) is 2. The van der Waals surface area contributed by atoms with Crippen molar-refractivity contribution in [1.82, 2.24) is 9.78 Å². The highest BCUT2D eigenvalue weighted by atomic mass is 35.5. The summed E-state index contributed by atoms with van der Waals surface area (Å²) in [5.41, 5.74) is -1.41. The summed E-state index contributed by atoms with van der Waals surface area (Å²) in [6.07, 6.45) is -3.06. The Bertz CT molecular complexity index is 1170. The second-order valence-corrected chi connectivity index (χ2v) is 8.38. The van der Waals surface area contributed by atoms with Crippen molar-refractivity contribution in [2.45, 2.75) is 6.18 Å². The summed E-state index contributed by atoms with van der Waals surface area (Å²) in [6.45, 7) is 0. The van der Waals surface area contributed by atoms with Gasteiger partial charge in [0.1, 0.15) is 0 Å². The Labute approximate surface area is 174 Å². The fourth-order valence-corrected chi connectivity index (χ4v) is 3.29. The fourth-order valence-electron chi connectivity index (χ4n) is 2.60. The first kappa shape index (κ1) is 21.7. The second kappa shape index (κ2) is 8.00. The normalized spacial score (nSPS) is 11.9. The highest BCUT2D eigenvalue weighted by molar-refractivity contribution is 7.92. The van der Waals surface area contributed by atoms with E-state index >= 15 is 0 Å². The molecule has 2 N–H and O–H groups in total. The third kappa shape index (κ3) is 5.10. The smallest absolute Gasteiger partial charge is 0.322 e. The Balaban J connectivity index is 1.90. The van der Waals surface area contributed by atoms with Gasteiger partial charge in [0.25, 0.3) is 5.91 Å².